The van der Waals surface area contributed by atoms with Gasteiger partial charge in [0.25, 0.3) is 0 Å². The fraction of sp³-hybridized carbons (Fsp3) is 0.500. The molecule has 0 aliphatic carbocycles. The van der Waals surface area contributed by atoms with Crippen LogP contribution in [0, 0.1) is 0 Å². The molecule has 1 unspecified atom stereocenters. The number of hydrogen-bond donors (Lipinski definition) is 1. The highest BCUT2D eigenvalue weighted by Gasteiger charge is 2.24. The SMILES string of the molecule is C=CCN(c1ncccc1C(C)N)C(C)(C)C. The highest BCUT2D eigenvalue weighted by molar-refractivity contribution is 5.50. The lowest BCUT2D eigenvalue weighted by molar-refractivity contribution is 0.514. The molecule has 0 aliphatic heterocycles. The Kier molecular flexibility index (Phi) is 4.29. The van der Waals surface area contributed by atoms with Gasteiger partial charge in [-0.05, 0) is 33.8 Å². The summed E-state index contributed by atoms with van der Waals surface area (Å²) in [5.74, 6) is 0.954. The van der Waals surface area contributed by atoms with Crippen molar-refractivity contribution >= 4 is 5.82 Å². The van der Waals surface area contributed by atoms with Gasteiger partial charge in [0, 0.05) is 29.9 Å². The minimum atomic E-state index is -0.0200. The first-order valence-electron chi connectivity index (χ1n) is 5.97. The van der Waals surface area contributed by atoms with Gasteiger partial charge in [-0.2, -0.15) is 0 Å². The zero-order valence-corrected chi connectivity index (χ0v) is 11.3. The second-order valence-electron chi connectivity index (χ2n) is 5.28. The van der Waals surface area contributed by atoms with Crippen molar-refractivity contribution in [2.45, 2.75) is 39.3 Å². The highest BCUT2D eigenvalue weighted by Crippen LogP contribution is 2.27. The molecule has 0 spiro atoms. The average Bonchev–Trinajstić information content (AvgIpc) is 2.24. The molecule has 3 nitrogen and oxygen atoms in total. The average molecular weight is 233 g/mol. The molecule has 0 saturated carbocycles. The third-order valence-corrected chi connectivity index (χ3v) is 2.68. The topological polar surface area (TPSA) is 42.2 Å². The molecule has 0 fully saturated rings. The van der Waals surface area contributed by atoms with E-state index in [0.29, 0.717) is 0 Å². The third-order valence-electron chi connectivity index (χ3n) is 2.68. The molecule has 2 N–H and O–H groups in total. The molecule has 1 aromatic heterocycles. The highest BCUT2D eigenvalue weighted by atomic mass is 15.2. The summed E-state index contributed by atoms with van der Waals surface area (Å²) in [6.07, 6.45) is 3.70. The summed E-state index contributed by atoms with van der Waals surface area (Å²) < 4.78 is 0. The van der Waals surface area contributed by atoms with E-state index in [1.54, 1.807) is 0 Å². The molecule has 1 aromatic rings. The van der Waals surface area contributed by atoms with Gasteiger partial charge in [-0.25, -0.2) is 4.98 Å². The van der Waals surface area contributed by atoms with Gasteiger partial charge >= 0.3 is 0 Å². The number of anilines is 1. The van der Waals surface area contributed by atoms with Crippen molar-refractivity contribution < 1.29 is 0 Å². The minimum absolute atomic E-state index is 0.00775. The quantitative estimate of drug-likeness (QED) is 0.813. The van der Waals surface area contributed by atoms with Crippen LogP contribution in [0.25, 0.3) is 0 Å². The summed E-state index contributed by atoms with van der Waals surface area (Å²) in [5, 5.41) is 0. The Morgan fingerprint density at radius 1 is 1.53 bits per heavy atom. The Bertz CT molecular complexity index is 377. The molecule has 0 aliphatic rings. The molecule has 1 heterocycles. The van der Waals surface area contributed by atoms with Crippen molar-refractivity contribution in [3.8, 4) is 0 Å². The van der Waals surface area contributed by atoms with Gasteiger partial charge in [0.2, 0.25) is 0 Å². The summed E-state index contributed by atoms with van der Waals surface area (Å²) in [6, 6.07) is 3.94. The largest absolute Gasteiger partial charge is 0.348 e. The Labute approximate surface area is 104 Å². The summed E-state index contributed by atoms with van der Waals surface area (Å²) in [6.45, 7) is 13.0. The minimum Gasteiger partial charge on any atom is -0.348 e. The Morgan fingerprint density at radius 3 is 2.65 bits per heavy atom. The zero-order chi connectivity index (χ0) is 13.1. The van der Waals surface area contributed by atoms with Crippen molar-refractivity contribution in [1.82, 2.24) is 4.98 Å². The van der Waals surface area contributed by atoms with Crippen molar-refractivity contribution in [2.75, 3.05) is 11.4 Å². The Morgan fingerprint density at radius 2 is 2.18 bits per heavy atom. The van der Waals surface area contributed by atoms with Crippen LogP contribution < -0.4 is 10.6 Å². The smallest absolute Gasteiger partial charge is 0.133 e. The number of aromatic nitrogens is 1. The van der Waals surface area contributed by atoms with Gasteiger partial charge in [-0.1, -0.05) is 12.1 Å². The van der Waals surface area contributed by atoms with Crippen LogP contribution in [0.4, 0.5) is 5.82 Å². The van der Waals surface area contributed by atoms with Crippen molar-refractivity contribution in [2.24, 2.45) is 5.73 Å². The van der Waals surface area contributed by atoms with E-state index in [4.69, 9.17) is 5.73 Å². The molecular formula is C14H23N3. The molecule has 0 saturated heterocycles. The molecule has 0 bridgehead atoms. The monoisotopic (exact) mass is 233 g/mol. The van der Waals surface area contributed by atoms with Crippen LogP contribution in [-0.4, -0.2) is 17.1 Å². The van der Waals surface area contributed by atoms with Crippen LogP contribution in [0.5, 0.6) is 0 Å². The van der Waals surface area contributed by atoms with Crippen LogP contribution in [0.3, 0.4) is 0 Å². The maximum Gasteiger partial charge on any atom is 0.133 e. The summed E-state index contributed by atoms with van der Waals surface area (Å²) in [5.41, 5.74) is 7.06. The second-order valence-corrected chi connectivity index (χ2v) is 5.28. The van der Waals surface area contributed by atoms with Crippen molar-refractivity contribution in [1.29, 1.82) is 0 Å². The van der Waals surface area contributed by atoms with Gasteiger partial charge in [-0.15, -0.1) is 6.58 Å². The number of nitrogens with zero attached hydrogens (tertiary/aromatic N) is 2. The van der Waals surface area contributed by atoms with E-state index in [-0.39, 0.29) is 11.6 Å². The van der Waals surface area contributed by atoms with E-state index < -0.39 is 0 Å². The van der Waals surface area contributed by atoms with Crippen molar-refractivity contribution in [3.05, 3.63) is 36.5 Å². The van der Waals surface area contributed by atoms with Crippen LogP contribution in [0.15, 0.2) is 31.0 Å². The molecule has 3 heteroatoms. The van der Waals surface area contributed by atoms with E-state index >= 15 is 0 Å². The molecule has 0 radical (unpaired) electrons. The normalized spacial score (nSPS) is 13.2. The first kappa shape index (κ1) is 13.7. The fourth-order valence-corrected chi connectivity index (χ4v) is 1.80. The number of rotatable bonds is 4. The molecule has 94 valence electrons. The zero-order valence-electron chi connectivity index (χ0n) is 11.3. The fourth-order valence-electron chi connectivity index (χ4n) is 1.80. The lowest BCUT2D eigenvalue weighted by atomic mass is 10.0. The number of nitrogens with two attached hydrogens (primary N) is 1. The number of pyridine rings is 1. The van der Waals surface area contributed by atoms with Gasteiger partial charge in [0.15, 0.2) is 0 Å². The summed E-state index contributed by atoms with van der Waals surface area (Å²) in [4.78, 5) is 6.70. The lowest BCUT2D eigenvalue weighted by Gasteiger charge is -2.37. The summed E-state index contributed by atoms with van der Waals surface area (Å²) >= 11 is 0. The van der Waals surface area contributed by atoms with Crippen molar-refractivity contribution in [3.63, 3.8) is 0 Å². The maximum absolute atomic E-state index is 6.00. The van der Waals surface area contributed by atoms with Crippen LogP contribution in [0.2, 0.25) is 0 Å². The van der Waals surface area contributed by atoms with Gasteiger partial charge in [0.05, 0.1) is 0 Å². The molecule has 0 aromatic carbocycles. The molecule has 1 atom stereocenters. The Balaban J connectivity index is 3.23. The standard InChI is InChI=1S/C14H23N3/c1-6-10-17(14(3,4)5)13-12(11(2)15)8-7-9-16-13/h6-9,11H,1,10,15H2,2-5H3. The van der Waals surface area contributed by atoms with E-state index in [1.807, 2.05) is 31.3 Å². The maximum atomic E-state index is 6.00. The van der Waals surface area contributed by atoms with E-state index in [0.717, 1.165) is 17.9 Å². The third kappa shape index (κ3) is 3.30. The van der Waals surface area contributed by atoms with Crippen LogP contribution >= 0.6 is 0 Å². The first-order valence-corrected chi connectivity index (χ1v) is 5.97. The molecule has 0 amide bonds. The Hall–Kier alpha value is -1.35. The van der Waals surface area contributed by atoms with E-state index in [1.165, 1.54) is 0 Å². The lowest BCUT2D eigenvalue weighted by Crippen LogP contribution is -2.43. The molecular weight excluding hydrogens is 210 g/mol. The van der Waals surface area contributed by atoms with E-state index in [2.05, 4.69) is 37.2 Å². The van der Waals surface area contributed by atoms with Gasteiger partial charge < -0.3 is 10.6 Å². The predicted octanol–water partition coefficient (Wildman–Crippen LogP) is 2.89. The van der Waals surface area contributed by atoms with Gasteiger partial charge in [0.1, 0.15) is 5.82 Å². The summed E-state index contributed by atoms with van der Waals surface area (Å²) in [7, 11) is 0. The van der Waals surface area contributed by atoms with Gasteiger partial charge in [-0.3, -0.25) is 0 Å². The predicted molar refractivity (Wildman–Crippen MR) is 74.1 cm³/mol. The van der Waals surface area contributed by atoms with Crippen LogP contribution in [0.1, 0.15) is 39.3 Å². The van der Waals surface area contributed by atoms with Crippen LogP contribution in [-0.2, 0) is 0 Å². The van der Waals surface area contributed by atoms with E-state index in [9.17, 15) is 0 Å². The molecule has 1 rings (SSSR count). The molecule has 17 heavy (non-hydrogen) atoms. The number of hydrogen-bond acceptors (Lipinski definition) is 3. The second kappa shape index (κ2) is 5.32. The first-order chi connectivity index (χ1) is 7.88.